The topological polar surface area (TPSA) is 41.1 Å². The van der Waals surface area contributed by atoms with E-state index in [2.05, 4.69) is 30.5 Å². The van der Waals surface area contributed by atoms with Crippen LogP contribution < -0.4 is 10.6 Å². The van der Waals surface area contributed by atoms with Crippen molar-refractivity contribution in [1.29, 1.82) is 0 Å². The molecule has 3 rings (SSSR count). The van der Waals surface area contributed by atoms with Gasteiger partial charge in [0, 0.05) is 28.6 Å². The van der Waals surface area contributed by atoms with Gasteiger partial charge >= 0.3 is 0 Å². The summed E-state index contributed by atoms with van der Waals surface area (Å²) in [5, 5.41) is 7.28. The number of para-hydroxylation sites is 1. The Kier molecular flexibility index (Phi) is 6.81. The van der Waals surface area contributed by atoms with E-state index in [4.69, 9.17) is 0 Å². The van der Waals surface area contributed by atoms with Crippen LogP contribution in [-0.2, 0) is 4.79 Å². The summed E-state index contributed by atoms with van der Waals surface area (Å²) in [6, 6.07) is 9.43. The number of hydrogen-bond donors (Lipinski definition) is 2. The number of nitrogens with one attached hydrogen (secondary N) is 2. The predicted octanol–water partition coefficient (Wildman–Crippen LogP) is 4.47. The van der Waals surface area contributed by atoms with Gasteiger partial charge in [-0.2, -0.15) is 0 Å². The van der Waals surface area contributed by atoms with Gasteiger partial charge in [0.15, 0.2) is 0 Å². The fraction of sp³-hybridized carbons (Fsp3) is 0.611. The summed E-state index contributed by atoms with van der Waals surface area (Å²) in [5.41, 5.74) is 0.961. The van der Waals surface area contributed by atoms with Crippen molar-refractivity contribution in [2.75, 3.05) is 5.32 Å². The highest BCUT2D eigenvalue weighted by Crippen LogP contribution is 2.34. The Morgan fingerprint density at radius 2 is 1.91 bits per heavy atom. The van der Waals surface area contributed by atoms with Crippen LogP contribution in [0.5, 0.6) is 0 Å². The van der Waals surface area contributed by atoms with E-state index >= 15 is 0 Å². The smallest absolute Gasteiger partial charge is 0.224 e. The third-order valence-corrected chi connectivity index (χ3v) is 5.65. The number of anilines is 1. The van der Waals surface area contributed by atoms with Gasteiger partial charge in [0.2, 0.25) is 5.91 Å². The fourth-order valence-electron chi connectivity index (χ4n) is 3.73. The molecule has 2 unspecified atom stereocenters. The maximum atomic E-state index is 12.4. The minimum absolute atomic E-state index is 0. The monoisotopic (exact) mass is 354 g/mol. The van der Waals surface area contributed by atoms with E-state index < -0.39 is 0 Å². The molecule has 3 nitrogen and oxygen atoms in total. The van der Waals surface area contributed by atoms with Crippen LogP contribution in [0.25, 0.3) is 0 Å². The Morgan fingerprint density at radius 1 is 1.26 bits per heavy atom. The second kappa shape index (κ2) is 8.41. The maximum absolute atomic E-state index is 12.4. The lowest BCUT2D eigenvalue weighted by molar-refractivity contribution is -0.117. The van der Waals surface area contributed by atoms with Crippen LogP contribution in [0.2, 0.25) is 0 Å². The first-order valence-electron chi connectivity index (χ1n) is 8.41. The summed E-state index contributed by atoms with van der Waals surface area (Å²) in [6.07, 6.45) is 5.56. The molecule has 0 radical (unpaired) electrons. The Hall–Kier alpha value is -0.710. The van der Waals surface area contributed by atoms with Crippen LogP contribution in [0.4, 0.5) is 5.69 Å². The van der Waals surface area contributed by atoms with Crippen molar-refractivity contribution in [1.82, 2.24) is 5.32 Å². The van der Waals surface area contributed by atoms with Gasteiger partial charge in [0.05, 0.1) is 5.69 Å². The number of halogens is 1. The number of carbonyl (C=O) groups is 1. The second-order valence-corrected chi connectivity index (χ2v) is 8.51. The van der Waals surface area contributed by atoms with Gasteiger partial charge in [-0.15, -0.1) is 24.2 Å². The summed E-state index contributed by atoms with van der Waals surface area (Å²) in [6.45, 7) is 4.35. The first-order valence-corrected chi connectivity index (χ1v) is 9.29. The number of carbonyl (C=O) groups excluding carboxylic acids is 1. The Labute approximate surface area is 149 Å². The van der Waals surface area contributed by atoms with Gasteiger partial charge < -0.3 is 10.6 Å². The molecule has 128 valence electrons. The van der Waals surface area contributed by atoms with E-state index in [0.29, 0.717) is 29.7 Å². The highest BCUT2D eigenvalue weighted by atomic mass is 35.5. The van der Waals surface area contributed by atoms with Crippen molar-refractivity contribution in [2.24, 2.45) is 5.92 Å². The summed E-state index contributed by atoms with van der Waals surface area (Å²) >= 11 is 1.80. The molecule has 0 saturated carbocycles. The van der Waals surface area contributed by atoms with Gasteiger partial charge in [-0.1, -0.05) is 26.0 Å². The van der Waals surface area contributed by atoms with Crippen LogP contribution in [-0.4, -0.2) is 23.2 Å². The van der Waals surface area contributed by atoms with Gasteiger partial charge in [0.1, 0.15) is 0 Å². The molecular formula is C18H27ClN2OS. The maximum Gasteiger partial charge on any atom is 0.224 e. The molecule has 2 fully saturated rings. The van der Waals surface area contributed by atoms with E-state index in [0.717, 1.165) is 23.4 Å². The van der Waals surface area contributed by atoms with Crippen molar-refractivity contribution in [3.8, 4) is 0 Å². The highest BCUT2D eigenvalue weighted by molar-refractivity contribution is 8.00. The van der Waals surface area contributed by atoms with Gasteiger partial charge in [-0.25, -0.2) is 0 Å². The molecule has 5 heteroatoms. The lowest BCUT2D eigenvalue weighted by atomic mass is 9.89. The quantitative estimate of drug-likeness (QED) is 0.766. The van der Waals surface area contributed by atoms with E-state index in [-0.39, 0.29) is 18.3 Å². The SMILES string of the molecule is CC(C)Sc1ccccc1NC(=O)CC1CC2CCC(C1)N2.Cl. The molecule has 1 amide bonds. The van der Waals surface area contributed by atoms with Crippen molar-refractivity contribution >= 4 is 35.8 Å². The highest BCUT2D eigenvalue weighted by Gasteiger charge is 2.34. The number of rotatable bonds is 5. The molecule has 2 N–H and O–H groups in total. The molecule has 1 aromatic carbocycles. The molecule has 1 aromatic rings. The molecule has 0 aliphatic carbocycles. The lowest BCUT2D eigenvalue weighted by Crippen LogP contribution is -2.39. The van der Waals surface area contributed by atoms with E-state index in [9.17, 15) is 4.79 Å². The van der Waals surface area contributed by atoms with Crippen molar-refractivity contribution in [2.45, 2.75) is 68.2 Å². The van der Waals surface area contributed by atoms with Crippen LogP contribution in [0.1, 0.15) is 46.0 Å². The minimum Gasteiger partial charge on any atom is -0.325 e. The molecule has 0 spiro atoms. The number of hydrogen-bond acceptors (Lipinski definition) is 3. The van der Waals surface area contributed by atoms with Gasteiger partial charge in [0.25, 0.3) is 0 Å². The Bertz CT molecular complexity index is 526. The van der Waals surface area contributed by atoms with Crippen LogP contribution >= 0.6 is 24.2 Å². The number of fused-ring (bicyclic) bond motifs is 2. The van der Waals surface area contributed by atoms with E-state index in [1.165, 1.54) is 12.8 Å². The zero-order valence-corrected chi connectivity index (χ0v) is 15.5. The molecule has 2 heterocycles. The molecule has 23 heavy (non-hydrogen) atoms. The molecule has 2 saturated heterocycles. The molecule has 2 aliphatic heterocycles. The van der Waals surface area contributed by atoms with Crippen molar-refractivity contribution < 1.29 is 4.79 Å². The Morgan fingerprint density at radius 3 is 2.57 bits per heavy atom. The molecule has 2 atom stereocenters. The van der Waals surface area contributed by atoms with E-state index in [1.54, 1.807) is 11.8 Å². The minimum atomic E-state index is 0. The largest absolute Gasteiger partial charge is 0.325 e. The third-order valence-electron chi connectivity index (χ3n) is 4.57. The zero-order chi connectivity index (χ0) is 15.5. The normalized spacial score (nSPS) is 26.0. The summed E-state index contributed by atoms with van der Waals surface area (Å²) in [7, 11) is 0. The van der Waals surface area contributed by atoms with Crippen LogP contribution in [0.15, 0.2) is 29.2 Å². The van der Waals surface area contributed by atoms with Gasteiger partial charge in [-0.3, -0.25) is 4.79 Å². The molecule has 0 aromatic heterocycles. The van der Waals surface area contributed by atoms with Crippen LogP contribution in [0, 0.1) is 5.92 Å². The third kappa shape index (κ3) is 5.13. The first kappa shape index (κ1) is 18.6. The first-order chi connectivity index (χ1) is 10.6. The van der Waals surface area contributed by atoms with Crippen molar-refractivity contribution in [3.05, 3.63) is 24.3 Å². The van der Waals surface area contributed by atoms with E-state index in [1.807, 2.05) is 18.2 Å². The zero-order valence-electron chi connectivity index (χ0n) is 13.9. The summed E-state index contributed by atoms with van der Waals surface area (Å²) in [5.74, 6) is 0.715. The summed E-state index contributed by atoms with van der Waals surface area (Å²) in [4.78, 5) is 13.6. The number of piperidine rings is 1. The standard InChI is InChI=1S/C18H26N2OS.ClH/c1-12(2)22-17-6-4-3-5-16(17)20-18(21)11-13-9-14-7-8-15(10-13)19-14;/h3-6,12-15,19H,7-11H2,1-2H3,(H,20,21);1H. The average Bonchev–Trinajstić information content (AvgIpc) is 2.79. The molecule has 2 bridgehead atoms. The lowest BCUT2D eigenvalue weighted by Gasteiger charge is -2.28. The number of amides is 1. The predicted molar refractivity (Wildman–Crippen MR) is 101 cm³/mol. The Balaban J connectivity index is 0.00000192. The van der Waals surface area contributed by atoms with Crippen LogP contribution in [0.3, 0.4) is 0 Å². The second-order valence-electron chi connectivity index (χ2n) is 6.89. The fourth-order valence-corrected chi connectivity index (χ4v) is 4.64. The molecule has 2 aliphatic rings. The van der Waals surface area contributed by atoms with Gasteiger partial charge in [-0.05, 0) is 43.7 Å². The average molecular weight is 355 g/mol. The van der Waals surface area contributed by atoms with Crippen molar-refractivity contribution in [3.63, 3.8) is 0 Å². The number of benzene rings is 1. The summed E-state index contributed by atoms with van der Waals surface area (Å²) < 4.78 is 0. The molecular weight excluding hydrogens is 328 g/mol. The number of thioether (sulfide) groups is 1.